The summed E-state index contributed by atoms with van der Waals surface area (Å²) in [7, 11) is 4.04. The molecule has 2 amide bonds. The van der Waals surface area contributed by atoms with Crippen LogP contribution in [0, 0.1) is 0 Å². The third kappa shape index (κ3) is 4.01. The Hall–Kier alpha value is -2.18. The normalized spacial score (nSPS) is 11.6. The number of urea groups is 1. The smallest absolute Gasteiger partial charge is 0.329 e. The van der Waals surface area contributed by atoms with Crippen molar-refractivity contribution in [1.29, 1.82) is 0 Å². The molecule has 2 aromatic rings. The predicted octanol–water partition coefficient (Wildman–Crippen LogP) is 2.79. The monoisotopic (exact) mass is 366 g/mol. The van der Waals surface area contributed by atoms with Gasteiger partial charge in [0.15, 0.2) is 0 Å². The Morgan fingerprint density at radius 3 is 2.58 bits per heavy atom. The summed E-state index contributed by atoms with van der Waals surface area (Å²) < 4.78 is 41.6. The topological polar surface area (TPSA) is 80.9 Å². The molecule has 0 unspecified atom stereocenters. The third-order valence-corrected chi connectivity index (χ3v) is 3.89. The summed E-state index contributed by atoms with van der Waals surface area (Å²) in [6, 6.07) is 2.60. The lowest BCUT2D eigenvalue weighted by molar-refractivity contribution is -0.159. The molecule has 2 aromatic heterocycles. The summed E-state index contributed by atoms with van der Waals surface area (Å²) in [5.74, 6) is -1.59. The van der Waals surface area contributed by atoms with Gasteiger partial charge >= 0.3 is 18.1 Å². The molecule has 0 fully saturated rings. The lowest BCUT2D eigenvalue weighted by Crippen LogP contribution is -2.39. The second-order valence-corrected chi connectivity index (χ2v) is 5.54. The molecular weight excluding hydrogens is 353 g/mol. The van der Waals surface area contributed by atoms with Crippen LogP contribution >= 0.6 is 11.3 Å². The highest BCUT2D eigenvalue weighted by molar-refractivity contribution is 7.15. The van der Waals surface area contributed by atoms with Crippen molar-refractivity contribution in [3.63, 3.8) is 0 Å². The summed E-state index contributed by atoms with van der Waals surface area (Å²) in [4.78, 5) is 26.0. The van der Waals surface area contributed by atoms with Gasteiger partial charge in [-0.2, -0.15) is 23.2 Å². The van der Waals surface area contributed by atoms with Crippen LogP contribution in [0.3, 0.4) is 0 Å². The first-order valence-electron chi connectivity index (χ1n) is 6.39. The van der Waals surface area contributed by atoms with Crippen LogP contribution < -0.4 is 0 Å². The second-order valence-electron chi connectivity index (χ2n) is 4.37. The fourth-order valence-electron chi connectivity index (χ4n) is 1.61. The van der Waals surface area contributed by atoms with Crippen molar-refractivity contribution in [2.45, 2.75) is 12.7 Å². The predicted molar refractivity (Wildman–Crippen MR) is 75.3 cm³/mol. The van der Waals surface area contributed by atoms with E-state index in [1.807, 2.05) is 0 Å². The second kappa shape index (κ2) is 7.15. The first-order valence-corrected chi connectivity index (χ1v) is 7.21. The number of aromatic nitrogens is 2. The Morgan fingerprint density at radius 2 is 2.04 bits per heavy atom. The van der Waals surface area contributed by atoms with Crippen molar-refractivity contribution >= 4 is 17.4 Å². The summed E-state index contributed by atoms with van der Waals surface area (Å²) in [5.41, 5.74) is 0. The van der Waals surface area contributed by atoms with E-state index < -0.39 is 18.1 Å². The Bertz CT molecular complexity index is 703. The number of alkyl halides is 3. The van der Waals surface area contributed by atoms with Gasteiger partial charge in [-0.05, 0) is 12.1 Å². The molecule has 0 aliphatic heterocycles. The molecule has 8 nitrogen and oxygen atoms in total. The summed E-state index contributed by atoms with van der Waals surface area (Å²) in [5, 5.41) is 5.30. The van der Waals surface area contributed by atoms with Crippen molar-refractivity contribution in [2.24, 2.45) is 0 Å². The molecule has 0 aliphatic rings. The van der Waals surface area contributed by atoms with Crippen molar-refractivity contribution < 1.29 is 32.2 Å². The fraction of sp³-hybridized carbons (Fsp3) is 0.417. The lowest BCUT2D eigenvalue weighted by Gasteiger charge is -2.23. The van der Waals surface area contributed by atoms with Crippen LogP contribution in [-0.2, 0) is 22.4 Å². The van der Waals surface area contributed by atoms with Gasteiger partial charge in [-0.15, -0.1) is 11.3 Å². The molecule has 2 heterocycles. The van der Waals surface area contributed by atoms with Gasteiger partial charge < -0.3 is 4.52 Å². The van der Waals surface area contributed by atoms with Crippen LogP contribution in [-0.4, -0.2) is 47.6 Å². The molecule has 24 heavy (non-hydrogen) atoms. The standard InChI is InChI=1S/C12H13F3N4O4S/c1-18(21-2)11(20)19(22-3)6-7-4-5-8(24-7)9-16-10(23-17-9)12(13,14)15/h4-5H,6H2,1-3H3. The molecule has 0 spiro atoms. The number of carbonyl (C=O) groups excluding carboxylic acids is 1. The molecule has 0 saturated heterocycles. The van der Waals surface area contributed by atoms with Crippen molar-refractivity contribution in [1.82, 2.24) is 20.3 Å². The van der Waals surface area contributed by atoms with Crippen LogP contribution in [0.5, 0.6) is 0 Å². The Morgan fingerprint density at radius 1 is 1.33 bits per heavy atom. The molecule has 2 rings (SSSR count). The van der Waals surface area contributed by atoms with Gasteiger partial charge in [0, 0.05) is 11.9 Å². The number of hydroxylamine groups is 4. The van der Waals surface area contributed by atoms with E-state index >= 15 is 0 Å². The fourth-order valence-corrected chi connectivity index (χ4v) is 2.52. The molecule has 0 N–H and O–H groups in total. The van der Waals surface area contributed by atoms with E-state index in [1.165, 1.54) is 27.3 Å². The molecule has 0 aromatic carbocycles. The number of thiophene rings is 1. The number of carbonyl (C=O) groups is 1. The molecule has 0 saturated carbocycles. The van der Waals surface area contributed by atoms with Crippen molar-refractivity contribution in [3.05, 3.63) is 22.9 Å². The molecule has 132 valence electrons. The van der Waals surface area contributed by atoms with Crippen LogP contribution in [0.25, 0.3) is 10.7 Å². The van der Waals surface area contributed by atoms with E-state index in [0.29, 0.717) is 9.75 Å². The maximum absolute atomic E-state index is 12.5. The highest BCUT2D eigenvalue weighted by Crippen LogP contribution is 2.32. The average Bonchev–Trinajstić information content (AvgIpc) is 3.19. The maximum Gasteiger partial charge on any atom is 0.471 e. The van der Waals surface area contributed by atoms with Crippen LogP contribution in [0.15, 0.2) is 16.7 Å². The van der Waals surface area contributed by atoms with Gasteiger partial charge in [0.05, 0.1) is 25.6 Å². The largest absolute Gasteiger partial charge is 0.471 e. The van der Waals surface area contributed by atoms with Crippen LogP contribution in [0.4, 0.5) is 18.0 Å². The van der Waals surface area contributed by atoms with E-state index in [2.05, 4.69) is 14.7 Å². The van der Waals surface area contributed by atoms with Gasteiger partial charge in [0.1, 0.15) is 0 Å². The number of amides is 2. The highest BCUT2D eigenvalue weighted by atomic mass is 32.1. The minimum atomic E-state index is -4.70. The van der Waals surface area contributed by atoms with Gasteiger partial charge in [-0.25, -0.2) is 9.86 Å². The SMILES string of the molecule is CON(C)C(=O)N(Cc1ccc(-c2noc(C(F)(F)F)n2)s1)OC. The summed E-state index contributed by atoms with van der Waals surface area (Å²) in [6.45, 7) is 0.0671. The Labute approximate surface area is 138 Å². The molecule has 12 heteroatoms. The molecular formula is C12H13F3N4O4S. The zero-order valence-corrected chi connectivity index (χ0v) is 13.6. The summed E-state index contributed by atoms with van der Waals surface area (Å²) >= 11 is 1.10. The first-order chi connectivity index (χ1) is 11.3. The Balaban J connectivity index is 2.13. The zero-order valence-electron chi connectivity index (χ0n) is 12.8. The van der Waals surface area contributed by atoms with E-state index in [-0.39, 0.29) is 12.4 Å². The zero-order chi connectivity index (χ0) is 17.9. The van der Waals surface area contributed by atoms with Gasteiger partial charge in [0.25, 0.3) is 0 Å². The van der Waals surface area contributed by atoms with E-state index in [0.717, 1.165) is 21.5 Å². The van der Waals surface area contributed by atoms with E-state index in [1.54, 1.807) is 6.07 Å². The number of hydrogen-bond acceptors (Lipinski definition) is 7. The van der Waals surface area contributed by atoms with Gasteiger partial charge in [-0.1, -0.05) is 5.16 Å². The number of halogens is 3. The minimum absolute atomic E-state index is 0.0671. The van der Waals surface area contributed by atoms with Crippen molar-refractivity contribution in [2.75, 3.05) is 21.3 Å². The highest BCUT2D eigenvalue weighted by Gasteiger charge is 2.38. The Kier molecular flexibility index (Phi) is 5.41. The van der Waals surface area contributed by atoms with Crippen molar-refractivity contribution in [3.8, 4) is 10.7 Å². The quantitative estimate of drug-likeness (QED) is 0.757. The summed E-state index contributed by atoms with van der Waals surface area (Å²) in [6.07, 6.45) is -4.70. The molecule has 0 bridgehead atoms. The molecule has 0 aliphatic carbocycles. The number of nitrogens with zero attached hydrogens (tertiary/aromatic N) is 4. The van der Waals surface area contributed by atoms with Gasteiger partial charge in [0.2, 0.25) is 5.82 Å². The first kappa shape index (κ1) is 18.2. The molecule has 0 atom stereocenters. The number of rotatable bonds is 5. The maximum atomic E-state index is 12.5. The van der Waals surface area contributed by atoms with Gasteiger partial charge in [-0.3, -0.25) is 9.68 Å². The van der Waals surface area contributed by atoms with Crippen LogP contribution in [0.1, 0.15) is 10.8 Å². The van der Waals surface area contributed by atoms with E-state index in [9.17, 15) is 18.0 Å². The third-order valence-electron chi connectivity index (χ3n) is 2.83. The number of hydrogen-bond donors (Lipinski definition) is 0. The van der Waals surface area contributed by atoms with E-state index in [4.69, 9.17) is 9.68 Å². The minimum Gasteiger partial charge on any atom is -0.329 e. The van der Waals surface area contributed by atoms with Crippen LogP contribution in [0.2, 0.25) is 0 Å². The average molecular weight is 366 g/mol. The lowest BCUT2D eigenvalue weighted by atomic mass is 10.4. The molecule has 0 radical (unpaired) electrons.